The third kappa shape index (κ3) is 6.45. The van der Waals surface area contributed by atoms with Crippen LogP contribution in [0, 0.1) is 17.8 Å². The summed E-state index contributed by atoms with van der Waals surface area (Å²) >= 11 is 0. The Morgan fingerprint density at radius 1 is 1.17 bits per heavy atom. The molecule has 1 N–H and O–H groups in total. The van der Waals surface area contributed by atoms with Crippen LogP contribution >= 0.6 is 0 Å². The molecule has 1 amide bonds. The first-order valence-electron chi connectivity index (χ1n) is 11.5. The normalized spacial score (nSPS) is 20.2. The number of nitrogens with zero attached hydrogens (tertiary/aromatic N) is 1. The van der Waals surface area contributed by atoms with Crippen molar-refractivity contribution in [2.45, 2.75) is 57.5 Å². The van der Waals surface area contributed by atoms with Crippen LogP contribution in [0.4, 0.5) is 0 Å². The molecule has 0 bridgehead atoms. The summed E-state index contributed by atoms with van der Waals surface area (Å²) in [5, 5.41) is 3.12. The van der Waals surface area contributed by atoms with E-state index in [1.54, 1.807) is 0 Å². The van der Waals surface area contributed by atoms with Gasteiger partial charge in [0.05, 0.1) is 0 Å². The molecule has 3 fully saturated rings. The number of benzene rings is 1. The number of hydrogen-bond acceptors (Lipinski definition) is 4. The van der Waals surface area contributed by atoms with Crippen molar-refractivity contribution in [3.05, 3.63) is 29.8 Å². The highest BCUT2D eigenvalue weighted by molar-refractivity contribution is 5.76. The summed E-state index contributed by atoms with van der Waals surface area (Å²) in [5.74, 6) is 3.37. The summed E-state index contributed by atoms with van der Waals surface area (Å²) in [6, 6.07) is 8.71. The number of nitrogens with one attached hydrogen (secondary N) is 1. The quantitative estimate of drug-likeness (QED) is 0.616. The molecule has 0 atom stereocenters. The van der Waals surface area contributed by atoms with Gasteiger partial charge in [0.15, 0.2) is 0 Å². The molecule has 1 heterocycles. The Hall–Kier alpha value is -1.59. The van der Waals surface area contributed by atoms with E-state index in [4.69, 9.17) is 9.47 Å². The summed E-state index contributed by atoms with van der Waals surface area (Å²) in [4.78, 5) is 14.8. The molecule has 1 aromatic carbocycles. The zero-order chi connectivity index (χ0) is 20.1. The Kier molecular flexibility index (Phi) is 7.09. The van der Waals surface area contributed by atoms with Gasteiger partial charge in [-0.25, -0.2) is 0 Å². The molecule has 4 rings (SSSR count). The predicted octanol–water partition coefficient (Wildman–Crippen LogP) is 3.62. The second kappa shape index (κ2) is 9.94. The maximum atomic E-state index is 12.4. The highest BCUT2D eigenvalue weighted by Crippen LogP contribution is 2.50. The van der Waals surface area contributed by atoms with E-state index >= 15 is 0 Å². The van der Waals surface area contributed by atoms with Crippen molar-refractivity contribution in [3.63, 3.8) is 0 Å². The molecule has 2 aliphatic carbocycles. The minimum Gasteiger partial charge on any atom is -0.492 e. The van der Waals surface area contributed by atoms with Gasteiger partial charge in [-0.05, 0) is 81.0 Å². The molecule has 0 unspecified atom stereocenters. The van der Waals surface area contributed by atoms with Gasteiger partial charge in [-0.1, -0.05) is 12.1 Å². The molecular formula is C24H36N2O3. The zero-order valence-corrected chi connectivity index (χ0v) is 17.8. The maximum Gasteiger partial charge on any atom is 0.220 e. The third-order valence-corrected chi connectivity index (χ3v) is 6.79. The first-order chi connectivity index (χ1) is 14.2. The predicted molar refractivity (Wildman–Crippen MR) is 114 cm³/mol. The second-order valence-corrected chi connectivity index (χ2v) is 9.14. The Morgan fingerprint density at radius 3 is 2.59 bits per heavy atom. The fourth-order valence-electron chi connectivity index (χ4n) is 4.62. The van der Waals surface area contributed by atoms with E-state index in [0.717, 1.165) is 55.7 Å². The number of likely N-dealkylation sites (N-methyl/N-ethyl adjacent to an activating group) is 1. The van der Waals surface area contributed by atoms with Crippen molar-refractivity contribution < 1.29 is 14.3 Å². The smallest absolute Gasteiger partial charge is 0.220 e. The van der Waals surface area contributed by atoms with Crippen LogP contribution in [0.25, 0.3) is 0 Å². The van der Waals surface area contributed by atoms with E-state index in [1.807, 2.05) is 18.2 Å². The molecule has 0 radical (unpaired) electrons. The van der Waals surface area contributed by atoms with Gasteiger partial charge in [0, 0.05) is 38.8 Å². The average Bonchev–Trinajstić information content (AvgIpc) is 3.65. The van der Waals surface area contributed by atoms with Crippen LogP contribution in [-0.2, 0) is 16.1 Å². The lowest BCUT2D eigenvalue weighted by molar-refractivity contribution is -0.122. The molecule has 5 heteroatoms. The summed E-state index contributed by atoms with van der Waals surface area (Å²) in [6.45, 7) is 3.90. The topological polar surface area (TPSA) is 50.8 Å². The van der Waals surface area contributed by atoms with Crippen molar-refractivity contribution in [1.29, 1.82) is 0 Å². The lowest BCUT2D eigenvalue weighted by atomic mass is 9.94. The molecule has 2 saturated carbocycles. The van der Waals surface area contributed by atoms with Gasteiger partial charge in [0.2, 0.25) is 5.91 Å². The molecule has 5 nitrogen and oxygen atoms in total. The van der Waals surface area contributed by atoms with Gasteiger partial charge >= 0.3 is 0 Å². The van der Waals surface area contributed by atoms with Crippen molar-refractivity contribution in [1.82, 2.24) is 10.2 Å². The number of carbonyl (C=O) groups excluding carboxylic acids is 1. The van der Waals surface area contributed by atoms with Gasteiger partial charge in [0.25, 0.3) is 0 Å². The second-order valence-electron chi connectivity index (χ2n) is 9.14. The van der Waals surface area contributed by atoms with Crippen LogP contribution < -0.4 is 10.1 Å². The minimum absolute atomic E-state index is 0.207. The van der Waals surface area contributed by atoms with E-state index in [9.17, 15) is 4.79 Å². The van der Waals surface area contributed by atoms with Crippen LogP contribution in [0.2, 0.25) is 0 Å². The van der Waals surface area contributed by atoms with E-state index in [-0.39, 0.29) is 5.91 Å². The van der Waals surface area contributed by atoms with E-state index in [0.29, 0.717) is 31.5 Å². The van der Waals surface area contributed by atoms with Crippen LogP contribution in [0.15, 0.2) is 24.3 Å². The van der Waals surface area contributed by atoms with E-state index in [1.165, 1.54) is 25.7 Å². The molecule has 1 aliphatic heterocycles. The lowest BCUT2D eigenvalue weighted by Crippen LogP contribution is -2.38. The molecule has 29 heavy (non-hydrogen) atoms. The standard InChI is InChI=1S/C24H36N2O3/c1-26(21-9-12-28-13-10-21)11-14-29-22-4-2-3-18(15-22)17-25-24(27)16-23(19-5-6-19)20-7-8-20/h2-4,15,19-21,23H,5-14,16-17H2,1H3,(H,25,27). The molecule has 1 aromatic rings. The largest absolute Gasteiger partial charge is 0.492 e. The highest BCUT2D eigenvalue weighted by atomic mass is 16.5. The molecule has 160 valence electrons. The summed E-state index contributed by atoms with van der Waals surface area (Å²) in [6.07, 6.45) is 8.25. The fourth-order valence-corrected chi connectivity index (χ4v) is 4.62. The van der Waals surface area contributed by atoms with E-state index < -0.39 is 0 Å². The first-order valence-corrected chi connectivity index (χ1v) is 11.5. The zero-order valence-electron chi connectivity index (χ0n) is 17.8. The number of hydrogen-bond donors (Lipinski definition) is 1. The Labute approximate surface area is 175 Å². The molecule has 0 aromatic heterocycles. The number of carbonyl (C=O) groups is 1. The maximum absolute atomic E-state index is 12.4. The van der Waals surface area contributed by atoms with Gasteiger partial charge in [-0.2, -0.15) is 0 Å². The van der Waals surface area contributed by atoms with Crippen LogP contribution in [-0.4, -0.2) is 50.3 Å². The molecule has 3 aliphatic rings. The Morgan fingerprint density at radius 2 is 1.90 bits per heavy atom. The molecular weight excluding hydrogens is 364 g/mol. The monoisotopic (exact) mass is 400 g/mol. The highest BCUT2D eigenvalue weighted by Gasteiger charge is 2.42. The average molecular weight is 401 g/mol. The number of amides is 1. The van der Waals surface area contributed by atoms with Gasteiger partial charge in [-0.3, -0.25) is 9.69 Å². The van der Waals surface area contributed by atoms with Crippen molar-refractivity contribution >= 4 is 5.91 Å². The Bertz CT molecular complexity index is 654. The van der Waals surface area contributed by atoms with E-state index in [2.05, 4.69) is 23.3 Å². The van der Waals surface area contributed by atoms with Crippen LogP contribution in [0.1, 0.15) is 50.5 Å². The van der Waals surface area contributed by atoms with Crippen molar-refractivity contribution in [2.24, 2.45) is 17.8 Å². The van der Waals surface area contributed by atoms with Crippen LogP contribution in [0.3, 0.4) is 0 Å². The van der Waals surface area contributed by atoms with Crippen molar-refractivity contribution in [3.8, 4) is 5.75 Å². The molecule has 0 spiro atoms. The number of ether oxygens (including phenoxy) is 2. The van der Waals surface area contributed by atoms with Gasteiger partial charge in [-0.15, -0.1) is 0 Å². The Balaban J connectivity index is 1.17. The molecule has 1 saturated heterocycles. The fraction of sp³-hybridized carbons (Fsp3) is 0.708. The van der Waals surface area contributed by atoms with Gasteiger partial charge in [0.1, 0.15) is 12.4 Å². The van der Waals surface area contributed by atoms with Gasteiger partial charge < -0.3 is 14.8 Å². The minimum atomic E-state index is 0.207. The van der Waals surface area contributed by atoms with Crippen molar-refractivity contribution in [2.75, 3.05) is 33.4 Å². The SMILES string of the molecule is CN(CCOc1cccc(CNC(=O)CC(C2CC2)C2CC2)c1)C1CCOCC1. The third-order valence-electron chi connectivity index (χ3n) is 6.79. The first kappa shape index (κ1) is 20.7. The number of rotatable bonds is 11. The summed E-state index contributed by atoms with van der Waals surface area (Å²) < 4.78 is 11.4. The lowest BCUT2D eigenvalue weighted by Gasteiger charge is -2.31. The summed E-state index contributed by atoms with van der Waals surface area (Å²) in [7, 11) is 2.17. The van der Waals surface area contributed by atoms with Crippen LogP contribution in [0.5, 0.6) is 5.75 Å². The summed E-state index contributed by atoms with van der Waals surface area (Å²) in [5.41, 5.74) is 1.10.